The van der Waals surface area contributed by atoms with Crippen molar-refractivity contribution in [1.29, 1.82) is 5.26 Å². The van der Waals surface area contributed by atoms with Crippen LogP contribution >= 0.6 is 34.7 Å². The zero-order valence-corrected chi connectivity index (χ0v) is 12.7. The Morgan fingerprint density at radius 3 is 2.58 bits per heavy atom. The second kappa shape index (κ2) is 9.13. The molecule has 1 aromatic rings. The summed E-state index contributed by atoms with van der Waals surface area (Å²) in [4.78, 5) is 12.1. The van der Waals surface area contributed by atoms with Crippen LogP contribution in [0.2, 0.25) is 10.2 Å². The highest BCUT2D eigenvalue weighted by atomic mass is 35.5. The predicted octanol–water partition coefficient (Wildman–Crippen LogP) is 4.04. The number of carbonyl (C=O) groups excluding carboxylic acids is 1. The van der Waals surface area contributed by atoms with Crippen LogP contribution in [0.4, 0.5) is 0 Å². The quantitative estimate of drug-likeness (QED) is 0.735. The number of hydrogen-bond acceptors (Lipinski definition) is 4. The summed E-state index contributed by atoms with van der Waals surface area (Å²) in [5.74, 6) is -0.223. The number of amides is 1. The second-order valence-corrected chi connectivity index (χ2v) is 5.56. The lowest BCUT2D eigenvalue weighted by Crippen LogP contribution is -2.23. The topological polar surface area (TPSA) is 65.8 Å². The van der Waals surface area contributed by atoms with Gasteiger partial charge in [0.2, 0.25) is 0 Å². The molecule has 104 valence electrons. The number of unbranched alkanes of at least 4 members (excludes halogenated alkanes) is 5. The van der Waals surface area contributed by atoms with Gasteiger partial charge in [0, 0.05) is 13.0 Å². The summed E-state index contributed by atoms with van der Waals surface area (Å²) < 4.78 is 3.81. The van der Waals surface area contributed by atoms with E-state index in [0.717, 1.165) is 43.6 Å². The number of rotatable bonds is 8. The van der Waals surface area contributed by atoms with Gasteiger partial charge in [-0.25, -0.2) is 0 Å². The van der Waals surface area contributed by atoms with E-state index < -0.39 is 0 Å². The Hall–Kier alpha value is -0.830. The van der Waals surface area contributed by atoms with Gasteiger partial charge in [0.05, 0.1) is 6.07 Å². The van der Waals surface area contributed by atoms with Crippen molar-refractivity contribution in [3.63, 3.8) is 0 Å². The molecule has 19 heavy (non-hydrogen) atoms. The molecule has 0 unspecified atom stereocenters. The van der Waals surface area contributed by atoms with Crippen LogP contribution in [0.25, 0.3) is 0 Å². The van der Waals surface area contributed by atoms with E-state index in [9.17, 15) is 4.79 Å². The molecule has 0 aliphatic carbocycles. The molecular weight excluding hydrogens is 305 g/mol. The Bertz CT molecular complexity index is 456. The van der Waals surface area contributed by atoms with Crippen LogP contribution in [0.5, 0.6) is 0 Å². The van der Waals surface area contributed by atoms with Crippen molar-refractivity contribution in [3.05, 3.63) is 15.1 Å². The maximum absolute atomic E-state index is 11.7. The van der Waals surface area contributed by atoms with E-state index >= 15 is 0 Å². The molecular formula is C12H15Cl2N3OS. The maximum atomic E-state index is 11.7. The lowest BCUT2D eigenvalue weighted by Gasteiger charge is -2.03. The molecule has 1 amide bonds. The molecule has 0 atom stereocenters. The Labute approximate surface area is 126 Å². The SMILES string of the molecule is N#CCCCCCCCNC(=O)c1snc(Cl)c1Cl. The van der Waals surface area contributed by atoms with Gasteiger partial charge in [0.1, 0.15) is 9.90 Å². The van der Waals surface area contributed by atoms with Crippen molar-refractivity contribution in [2.75, 3.05) is 6.54 Å². The van der Waals surface area contributed by atoms with Gasteiger partial charge in [-0.15, -0.1) is 0 Å². The Kier molecular flexibility index (Phi) is 7.80. The summed E-state index contributed by atoms with van der Waals surface area (Å²) in [5, 5.41) is 11.6. The van der Waals surface area contributed by atoms with Crippen LogP contribution < -0.4 is 5.32 Å². The molecule has 0 saturated heterocycles. The van der Waals surface area contributed by atoms with Crippen molar-refractivity contribution >= 4 is 40.6 Å². The molecule has 1 heterocycles. The zero-order valence-electron chi connectivity index (χ0n) is 10.4. The second-order valence-electron chi connectivity index (χ2n) is 4.05. The number of nitrogens with zero attached hydrogens (tertiary/aromatic N) is 2. The average Bonchev–Trinajstić information content (AvgIpc) is 2.73. The molecule has 0 radical (unpaired) electrons. The number of nitriles is 1. The summed E-state index contributed by atoms with van der Waals surface area (Å²) in [5.41, 5.74) is 0. The molecule has 0 saturated carbocycles. The Balaban J connectivity index is 2.11. The van der Waals surface area contributed by atoms with Crippen molar-refractivity contribution in [1.82, 2.24) is 9.69 Å². The highest BCUT2D eigenvalue weighted by Gasteiger charge is 2.16. The third-order valence-electron chi connectivity index (χ3n) is 2.55. The van der Waals surface area contributed by atoms with Gasteiger partial charge in [-0.2, -0.15) is 9.64 Å². The van der Waals surface area contributed by atoms with E-state index in [0.29, 0.717) is 17.8 Å². The summed E-state index contributed by atoms with van der Waals surface area (Å²) in [6, 6.07) is 2.13. The van der Waals surface area contributed by atoms with Crippen LogP contribution in [-0.4, -0.2) is 16.8 Å². The number of halogens is 2. The van der Waals surface area contributed by atoms with Gasteiger partial charge in [0.25, 0.3) is 5.91 Å². The standard InChI is InChI=1S/C12H15Cl2N3OS/c13-9-10(19-17-11(9)14)12(18)16-8-6-4-2-1-3-5-7-15/h1-6,8H2,(H,16,18). The van der Waals surface area contributed by atoms with Gasteiger partial charge < -0.3 is 5.32 Å². The van der Waals surface area contributed by atoms with E-state index in [1.54, 1.807) is 0 Å². The lowest BCUT2D eigenvalue weighted by molar-refractivity contribution is 0.0957. The fourth-order valence-corrected chi connectivity index (χ4v) is 2.67. The minimum Gasteiger partial charge on any atom is -0.351 e. The molecule has 7 heteroatoms. The lowest BCUT2D eigenvalue weighted by atomic mass is 10.1. The fourth-order valence-electron chi connectivity index (χ4n) is 1.54. The molecule has 4 nitrogen and oxygen atoms in total. The van der Waals surface area contributed by atoms with E-state index in [-0.39, 0.29) is 16.1 Å². The van der Waals surface area contributed by atoms with E-state index in [4.69, 9.17) is 28.5 Å². The summed E-state index contributed by atoms with van der Waals surface area (Å²) >= 11 is 12.5. The first kappa shape index (κ1) is 16.2. The van der Waals surface area contributed by atoms with Gasteiger partial charge in [-0.05, 0) is 24.4 Å². The minimum atomic E-state index is -0.223. The first-order valence-corrected chi connectivity index (χ1v) is 7.65. The van der Waals surface area contributed by atoms with Gasteiger partial charge in [-0.1, -0.05) is 42.5 Å². The predicted molar refractivity (Wildman–Crippen MR) is 77.8 cm³/mol. The first-order valence-electron chi connectivity index (χ1n) is 6.12. The number of hydrogen-bond donors (Lipinski definition) is 1. The van der Waals surface area contributed by atoms with E-state index in [2.05, 4.69) is 15.8 Å². The van der Waals surface area contributed by atoms with Crippen LogP contribution in [0, 0.1) is 11.3 Å². The molecule has 0 fully saturated rings. The smallest absolute Gasteiger partial charge is 0.264 e. The van der Waals surface area contributed by atoms with Gasteiger partial charge in [-0.3, -0.25) is 4.79 Å². The third kappa shape index (κ3) is 5.77. The molecule has 0 bridgehead atoms. The number of nitrogens with one attached hydrogen (secondary N) is 1. The average molecular weight is 320 g/mol. The fraction of sp³-hybridized carbons (Fsp3) is 0.583. The minimum absolute atomic E-state index is 0.175. The van der Waals surface area contributed by atoms with E-state index in [1.165, 1.54) is 0 Å². The Morgan fingerprint density at radius 1 is 1.26 bits per heavy atom. The maximum Gasteiger partial charge on any atom is 0.264 e. The van der Waals surface area contributed by atoms with E-state index in [1.807, 2.05) is 0 Å². The summed E-state index contributed by atoms with van der Waals surface area (Å²) in [7, 11) is 0. The first-order chi connectivity index (χ1) is 9.16. The largest absolute Gasteiger partial charge is 0.351 e. The van der Waals surface area contributed by atoms with Crippen molar-refractivity contribution in [3.8, 4) is 6.07 Å². The number of aromatic nitrogens is 1. The highest BCUT2D eigenvalue weighted by molar-refractivity contribution is 7.09. The van der Waals surface area contributed by atoms with Crippen LogP contribution in [0.15, 0.2) is 0 Å². The monoisotopic (exact) mass is 319 g/mol. The van der Waals surface area contributed by atoms with Crippen LogP contribution in [0.1, 0.15) is 48.2 Å². The molecule has 1 aromatic heterocycles. The molecule has 1 N–H and O–H groups in total. The van der Waals surface area contributed by atoms with Crippen LogP contribution in [-0.2, 0) is 0 Å². The third-order valence-corrected chi connectivity index (χ3v) is 4.35. The van der Waals surface area contributed by atoms with Gasteiger partial charge in [0.15, 0.2) is 5.15 Å². The molecule has 0 spiro atoms. The molecule has 0 aliphatic rings. The molecule has 0 aromatic carbocycles. The summed E-state index contributed by atoms with van der Waals surface area (Å²) in [6.45, 7) is 0.614. The molecule has 0 aliphatic heterocycles. The van der Waals surface area contributed by atoms with Crippen molar-refractivity contribution in [2.45, 2.75) is 38.5 Å². The molecule has 1 rings (SSSR count). The van der Waals surface area contributed by atoms with Crippen molar-refractivity contribution in [2.24, 2.45) is 0 Å². The van der Waals surface area contributed by atoms with Crippen LogP contribution in [0.3, 0.4) is 0 Å². The number of carbonyl (C=O) groups is 1. The normalized spacial score (nSPS) is 10.2. The summed E-state index contributed by atoms with van der Waals surface area (Å²) in [6.07, 6.45) is 5.70. The van der Waals surface area contributed by atoms with Gasteiger partial charge >= 0.3 is 0 Å². The zero-order chi connectivity index (χ0) is 14.1. The van der Waals surface area contributed by atoms with Crippen molar-refractivity contribution < 1.29 is 4.79 Å². The Morgan fingerprint density at radius 2 is 1.95 bits per heavy atom. The highest BCUT2D eigenvalue weighted by Crippen LogP contribution is 2.28.